The fourth-order valence-corrected chi connectivity index (χ4v) is 2.57. The molecule has 2 unspecified atom stereocenters. The second-order valence-electron chi connectivity index (χ2n) is 5.25. The SMILES string of the molecule is Cc1cc(N2CC(C)CC(C)C2)ncc1N. The molecule has 2 atom stereocenters. The summed E-state index contributed by atoms with van der Waals surface area (Å²) in [7, 11) is 0. The molecule has 1 aromatic rings. The average Bonchev–Trinajstić information content (AvgIpc) is 2.20. The third kappa shape index (κ3) is 2.29. The highest BCUT2D eigenvalue weighted by molar-refractivity contribution is 5.52. The van der Waals surface area contributed by atoms with Crippen molar-refractivity contribution in [2.45, 2.75) is 27.2 Å². The van der Waals surface area contributed by atoms with E-state index in [-0.39, 0.29) is 0 Å². The van der Waals surface area contributed by atoms with Gasteiger partial charge in [0.25, 0.3) is 0 Å². The number of nitrogens with two attached hydrogens (primary N) is 1. The summed E-state index contributed by atoms with van der Waals surface area (Å²) in [6.45, 7) is 8.89. The van der Waals surface area contributed by atoms with Gasteiger partial charge in [0.2, 0.25) is 0 Å². The van der Waals surface area contributed by atoms with E-state index in [0.717, 1.165) is 42.0 Å². The minimum absolute atomic E-state index is 0.753. The van der Waals surface area contributed by atoms with Crippen LogP contribution in [0.3, 0.4) is 0 Å². The summed E-state index contributed by atoms with van der Waals surface area (Å²) in [5.74, 6) is 2.58. The van der Waals surface area contributed by atoms with Gasteiger partial charge in [0.05, 0.1) is 11.9 Å². The predicted octanol–water partition coefficient (Wildman–Crippen LogP) is 2.45. The molecule has 0 aliphatic carbocycles. The van der Waals surface area contributed by atoms with Crippen molar-refractivity contribution in [2.75, 3.05) is 23.7 Å². The van der Waals surface area contributed by atoms with Crippen LogP contribution < -0.4 is 10.6 Å². The standard InChI is InChI=1S/C13H21N3/c1-9-4-10(2)8-16(7-9)13-5-11(3)12(14)6-15-13/h5-6,9-10H,4,7-8,14H2,1-3H3. The molecule has 1 fully saturated rings. The van der Waals surface area contributed by atoms with Crippen LogP contribution in [0, 0.1) is 18.8 Å². The van der Waals surface area contributed by atoms with Crippen LogP contribution in [-0.4, -0.2) is 18.1 Å². The lowest BCUT2D eigenvalue weighted by Crippen LogP contribution is -2.39. The van der Waals surface area contributed by atoms with Crippen LogP contribution in [0.4, 0.5) is 11.5 Å². The summed E-state index contributed by atoms with van der Waals surface area (Å²) >= 11 is 0. The van der Waals surface area contributed by atoms with E-state index < -0.39 is 0 Å². The van der Waals surface area contributed by atoms with Crippen molar-refractivity contribution in [3.05, 3.63) is 17.8 Å². The second kappa shape index (κ2) is 4.32. The number of nitrogens with zero attached hydrogens (tertiary/aromatic N) is 2. The molecule has 3 heteroatoms. The Bertz CT molecular complexity index is 365. The maximum atomic E-state index is 5.79. The van der Waals surface area contributed by atoms with Gasteiger partial charge in [-0.1, -0.05) is 13.8 Å². The predicted molar refractivity (Wildman–Crippen MR) is 68.5 cm³/mol. The highest BCUT2D eigenvalue weighted by Gasteiger charge is 2.22. The summed E-state index contributed by atoms with van der Waals surface area (Å²) in [4.78, 5) is 6.81. The first-order valence-corrected chi connectivity index (χ1v) is 6.03. The van der Waals surface area contributed by atoms with E-state index in [0.29, 0.717) is 0 Å². The van der Waals surface area contributed by atoms with E-state index in [4.69, 9.17) is 5.73 Å². The fourth-order valence-electron chi connectivity index (χ4n) is 2.57. The van der Waals surface area contributed by atoms with Crippen molar-refractivity contribution in [3.63, 3.8) is 0 Å². The third-order valence-corrected chi connectivity index (χ3v) is 3.33. The smallest absolute Gasteiger partial charge is 0.128 e. The Balaban J connectivity index is 2.19. The molecule has 16 heavy (non-hydrogen) atoms. The fraction of sp³-hybridized carbons (Fsp3) is 0.615. The molecular weight excluding hydrogens is 198 g/mol. The maximum absolute atomic E-state index is 5.79. The van der Waals surface area contributed by atoms with Gasteiger partial charge in [-0.2, -0.15) is 0 Å². The molecule has 1 aliphatic rings. The Kier molecular flexibility index (Phi) is 3.03. The van der Waals surface area contributed by atoms with E-state index in [2.05, 4.69) is 29.8 Å². The Morgan fingerprint density at radius 2 is 1.94 bits per heavy atom. The Morgan fingerprint density at radius 3 is 2.50 bits per heavy atom. The minimum Gasteiger partial charge on any atom is -0.397 e. The molecule has 3 nitrogen and oxygen atoms in total. The van der Waals surface area contributed by atoms with Crippen LogP contribution >= 0.6 is 0 Å². The van der Waals surface area contributed by atoms with Crippen molar-refractivity contribution in [3.8, 4) is 0 Å². The molecule has 1 aliphatic heterocycles. The van der Waals surface area contributed by atoms with Gasteiger partial charge in [0, 0.05) is 13.1 Å². The zero-order valence-corrected chi connectivity index (χ0v) is 10.4. The van der Waals surface area contributed by atoms with Gasteiger partial charge in [-0.3, -0.25) is 0 Å². The van der Waals surface area contributed by atoms with Gasteiger partial charge in [0.1, 0.15) is 5.82 Å². The molecule has 0 radical (unpaired) electrons. The first kappa shape index (κ1) is 11.2. The normalized spacial score (nSPS) is 25.8. The van der Waals surface area contributed by atoms with Gasteiger partial charge in [-0.15, -0.1) is 0 Å². The van der Waals surface area contributed by atoms with Crippen LogP contribution in [0.15, 0.2) is 12.3 Å². The molecule has 2 rings (SSSR count). The monoisotopic (exact) mass is 219 g/mol. The Morgan fingerprint density at radius 1 is 1.31 bits per heavy atom. The molecule has 2 heterocycles. The van der Waals surface area contributed by atoms with Crippen molar-refractivity contribution in [2.24, 2.45) is 11.8 Å². The molecule has 0 aromatic carbocycles. The van der Waals surface area contributed by atoms with Crippen molar-refractivity contribution in [1.82, 2.24) is 4.98 Å². The summed E-state index contributed by atoms with van der Waals surface area (Å²) < 4.78 is 0. The summed E-state index contributed by atoms with van der Waals surface area (Å²) in [5, 5.41) is 0. The number of hydrogen-bond donors (Lipinski definition) is 1. The number of pyridine rings is 1. The highest BCUT2D eigenvalue weighted by Crippen LogP contribution is 2.26. The van der Waals surface area contributed by atoms with E-state index >= 15 is 0 Å². The lowest BCUT2D eigenvalue weighted by Gasteiger charge is -2.36. The number of rotatable bonds is 1. The van der Waals surface area contributed by atoms with Gasteiger partial charge >= 0.3 is 0 Å². The lowest BCUT2D eigenvalue weighted by atomic mass is 9.92. The number of nitrogen functional groups attached to an aromatic ring is 1. The number of anilines is 2. The van der Waals surface area contributed by atoms with Gasteiger partial charge in [-0.25, -0.2) is 4.98 Å². The molecular formula is C13H21N3. The Labute approximate surface area is 97.7 Å². The molecule has 1 aromatic heterocycles. The second-order valence-corrected chi connectivity index (χ2v) is 5.25. The van der Waals surface area contributed by atoms with Crippen LogP contribution in [0.5, 0.6) is 0 Å². The van der Waals surface area contributed by atoms with Crippen LogP contribution in [0.25, 0.3) is 0 Å². The largest absolute Gasteiger partial charge is 0.397 e. The molecule has 0 saturated carbocycles. The topological polar surface area (TPSA) is 42.2 Å². The van der Waals surface area contributed by atoms with E-state index in [1.54, 1.807) is 6.20 Å². The van der Waals surface area contributed by atoms with Crippen LogP contribution in [-0.2, 0) is 0 Å². The zero-order valence-electron chi connectivity index (χ0n) is 10.4. The number of aromatic nitrogens is 1. The Hall–Kier alpha value is -1.25. The molecule has 0 bridgehead atoms. The quantitative estimate of drug-likeness (QED) is 0.789. The number of piperidine rings is 1. The van der Waals surface area contributed by atoms with Crippen molar-refractivity contribution < 1.29 is 0 Å². The zero-order chi connectivity index (χ0) is 11.7. The molecule has 0 spiro atoms. The summed E-state index contributed by atoms with van der Waals surface area (Å²) in [5.41, 5.74) is 7.69. The van der Waals surface area contributed by atoms with Gasteiger partial charge in [-0.05, 0) is 36.8 Å². The van der Waals surface area contributed by atoms with Gasteiger partial charge in [0.15, 0.2) is 0 Å². The first-order valence-electron chi connectivity index (χ1n) is 6.03. The van der Waals surface area contributed by atoms with E-state index in [9.17, 15) is 0 Å². The first-order chi connectivity index (χ1) is 7.56. The molecule has 2 N–H and O–H groups in total. The van der Waals surface area contributed by atoms with Crippen molar-refractivity contribution >= 4 is 11.5 Å². The molecule has 88 valence electrons. The molecule has 1 saturated heterocycles. The summed E-state index contributed by atoms with van der Waals surface area (Å²) in [6, 6.07) is 2.10. The summed E-state index contributed by atoms with van der Waals surface area (Å²) in [6.07, 6.45) is 3.10. The number of aryl methyl sites for hydroxylation is 1. The van der Waals surface area contributed by atoms with E-state index in [1.807, 2.05) is 6.92 Å². The molecule has 0 amide bonds. The maximum Gasteiger partial charge on any atom is 0.128 e. The van der Waals surface area contributed by atoms with E-state index in [1.165, 1.54) is 6.42 Å². The van der Waals surface area contributed by atoms with Gasteiger partial charge < -0.3 is 10.6 Å². The van der Waals surface area contributed by atoms with Crippen LogP contribution in [0.1, 0.15) is 25.8 Å². The van der Waals surface area contributed by atoms with Crippen molar-refractivity contribution in [1.29, 1.82) is 0 Å². The highest BCUT2D eigenvalue weighted by atomic mass is 15.2. The third-order valence-electron chi connectivity index (χ3n) is 3.33. The average molecular weight is 219 g/mol. The minimum atomic E-state index is 0.753. The lowest BCUT2D eigenvalue weighted by molar-refractivity contribution is 0.355. The van der Waals surface area contributed by atoms with Crippen LogP contribution in [0.2, 0.25) is 0 Å². The number of hydrogen-bond acceptors (Lipinski definition) is 3.